The highest BCUT2D eigenvalue weighted by Gasteiger charge is 2.43. The van der Waals surface area contributed by atoms with Crippen LogP contribution in [0.1, 0.15) is 66.2 Å². The quantitative estimate of drug-likeness (QED) is 0.133. The highest BCUT2D eigenvalue weighted by molar-refractivity contribution is 6.75. The van der Waals surface area contributed by atoms with Crippen LogP contribution in [0, 0.1) is 0 Å². The Labute approximate surface area is 225 Å². The lowest BCUT2D eigenvalue weighted by atomic mass is 10.0. The van der Waals surface area contributed by atoms with E-state index in [0.29, 0.717) is 19.8 Å². The van der Waals surface area contributed by atoms with Crippen molar-refractivity contribution in [3.8, 4) is 28.0 Å². The molecule has 0 bridgehead atoms. The Morgan fingerprint density at radius 2 is 0.892 bits per heavy atom. The number of unbranched alkanes of at least 4 members (excludes halogenated alkanes) is 5. The van der Waals surface area contributed by atoms with Crippen LogP contribution < -0.4 is 9.92 Å². The maximum atomic E-state index is 6.05. The van der Waals surface area contributed by atoms with Crippen LogP contribution in [0.4, 0.5) is 0 Å². The molecular weight excluding hydrogens is 476 g/mol. The number of hydrogen-bond donors (Lipinski definition) is 0. The summed E-state index contributed by atoms with van der Waals surface area (Å²) in [5.41, 5.74) is 4.71. The van der Waals surface area contributed by atoms with Crippen molar-refractivity contribution in [2.75, 3.05) is 26.4 Å². The van der Waals surface area contributed by atoms with Gasteiger partial charge in [-0.05, 0) is 61.6 Å². The zero-order valence-corrected chi connectivity index (χ0v) is 24.1. The van der Waals surface area contributed by atoms with E-state index in [9.17, 15) is 0 Å². The Morgan fingerprint density at radius 3 is 1.35 bits per heavy atom. The number of benzene rings is 3. The summed E-state index contributed by atoms with van der Waals surface area (Å²) in [6, 6.07) is 25.5. The van der Waals surface area contributed by atoms with Crippen molar-refractivity contribution in [3.05, 3.63) is 72.8 Å². The molecule has 3 rings (SSSR count). The van der Waals surface area contributed by atoms with Gasteiger partial charge in [-0.3, -0.25) is 0 Å². The van der Waals surface area contributed by atoms with Crippen LogP contribution in [-0.4, -0.2) is 35.2 Å². The van der Waals surface area contributed by atoms with Gasteiger partial charge in [0.05, 0.1) is 6.61 Å². The van der Waals surface area contributed by atoms with Gasteiger partial charge in [-0.15, -0.1) is 0 Å². The summed E-state index contributed by atoms with van der Waals surface area (Å²) < 4.78 is 24.1. The fourth-order valence-electron chi connectivity index (χ4n) is 4.48. The van der Waals surface area contributed by atoms with Crippen molar-refractivity contribution in [1.82, 2.24) is 0 Å². The molecule has 0 N–H and O–H groups in total. The number of rotatable bonds is 17. The highest BCUT2D eigenvalue weighted by atomic mass is 28.4. The number of ether oxygens (including phenoxy) is 1. The normalized spacial score (nSPS) is 11.6. The molecule has 0 fully saturated rings. The first-order valence-electron chi connectivity index (χ1n) is 14.0. The molecule has 0 spiro atoms. The molecule has 0 aliphatic carbocycles. The largest absolute Gasteiger partial charge is 0.537 e. The van der Waals surface area contributed by atoms with E-state index in [1.165, 1.54) is 48.8 Å². The second-order valence-corrected chi connectivity index (χ2v) is 11.7. The van der Waals surface area contributed by atoms with Crippen LogP contribution in [0.25, 0.3) is 22.3 Å². The molecule has 37 heavy (non-hydrogen) atoms. The van der Waals surface area contributed by atoms with Gasteiger partial charge in [-0.2, -0.15) is 0 Å². The molecule has 200 valence electrons. The molecule has 0 heterocycles. The van der Waals surface area contributed by atoms with Crippen molar-refractivity contribution < 1.29 is 18.0 Å². The first kappa shape index (κ1) is 29.1. The minimum atomic E-state index is -2.88. The lowest BCUT2D eigenvalue weighted by Crippen LogP contribution is -2.56. The molecule has 0 saturated carbocycles. The molecule has 0 aromatic heterocycles. The van der Waals surface area contributed by atoms with Crippen molar-refractivity contribution >= 4 is 14.0 Å². The second-order valence-electron chi connectivity index (χ2n) is 9.15. The van der Waals surface area contributed by atoms with Gasteiger partial charge < -0.3 is 18.0 Å². The van der Waals surface area contributed by atoms with Crippen LogP contribution in [-0.2, 0) is 13.3 Å². The van der Waals surface area contributed by atoms with E-state index in [1.807, 2.05) is 20.8 Å². The van der Waals surface area contributed by atoms with Gasteiger partial charge in [-0.25, -0.2) is 0 Å². The summed E-state index contributed by atoms with van der Waals surface area (Å²) in [5, 5.41) is 0.997. The third kappa shape index (κ3) is 8.54. The topological polar surface area (TPSA) is 36.9 Å². The molecule has 0 saturated heterocycles. The summed E-state index contributed by atoms with van der Waals surface area (Å²) in [6.07, 6.45) is 7.66. The molecule has 5 heteroatoms. The van der Waals surface area contributed by atoms with E-state index in [4.69, 9.17) is 18.0 Å². The third-order valence-corrected chi connectivity index (χ3v) is 9.46. The Bertz CT molecular complexity index is 999. The minimum absolute atomic E-state index is 0.557. The SMILES string of the molecule is CCCCCCCCOc1ccc(-c2ccc(-c3ccc([Si](OCC)(OCC)OCC)cc3)cc2)cc1. The average Bonchev–Trinajstić information content (AvgIpc) is 2.93. The molecule has 3 aromatic carbocycles. The van der Waals surface area contributed by atoms with Gasteiger partial charge in [0.2, 0.25) is 0 Å². The molecular formula is C32H44O4Si. The first-order valence-corrected chi connectivity index (χ1v) is 15.7. The summed E-state index contributed by atoms with van der Waals surface area (Å²) in [7, 11) is -2.88. The predicted octanol–water partition coefficient (Wildman–Crippen LogP) is 8.02. The van der Waals surface area contributed by atoms with E-state index in [-0.39, 0.29) is 0 Å². The van der Waals surface area contributed by atoms with Gasteiger partial charge in [0.15, 0.2) is 0 Å². The fourth-order valence-corrected chi connectivity index (χ4v) is 6.95. The zero-order valence-electron chi connectivity index (χ0n) is 23.1. The summed E-state index contributed by atoms with van der Waals surface area (Å²) in [4.78, 5) is 0. The van der Waals surface area contributed by atoms with Crippen LogP contribution in [0.15, 0.2) is 72.8 Å². The van der Waals surface area contributed by atoms with Gasteiger partial charge >= 0.3 is 8.80 Å². The molecule has 4 nitrogen and oxygen atoms in total. The van der Waals surface area contributed by atoms with Crippen LogP contribution in [0.5, 0.6) is 5.75 Å². The Balaban J connectivity index is 1.60. The Kier molecular flexibility index (Phi) is 12.4. The fraction of sp³-hybridized carbons (Fsp3) is 0.438. The highest BCUT2D eigenvalue weighted by Crippen LogP contribution is 2.26. The predicted molar refractivity (Wildman–Crippen MR) is 156 cm³/mol. The summed E-state index contributed by atoms with van der Waals surface area (Å²) >= 11 is 0. The van der Waals surface area contributed by atoms with E-state index in [0.717, 1.165) is 29.5 Å². The molecule has 0 atom stereocenters. The summed E-state index contributed by atoms with van der Waals surface area (Å²) in [5.74, 6) is 0.944. The van der Waals surface area contributed by atoms with Crippen LogP contribution in [0.3, 0.4) is 0 Å². The third-order valence-electron chi connectivity index (χ3n) is 6.41. The van der Waals surface area contributed by atoms with E-state index >= 15 is 0 Å². The Morgan fingerprint density at radius 1 is 0.486 bits per heavy atom. The van der Waals surface area contributed by atoms with E-state index < -0.39 is 8.80 Å². The van der Waals surface area contributed by atoms with Gasteiger partial charge in [-0.1, -0.05) is 99.7 Å². The van der Waals surface area contributed by atoms with Gasteiger partial charge in [0, 0.05) is 25.0 Å². The van der Waals surface area contributed by atoms with Crippen molar-refractivity contribution in [1.29, 1.82) is 0 Å². The summed E-state index contributed by atoms with van der Waals surface area (Å²) in [6.45, 7) is 10.7. The van der Waals surface area contributed by atoms with Crippen LogP contribution in [0.2, 0.25) is 0 Å². The van der Waals surface area contributed by atoms with E-state index in [1.54, 1.807) is 0 Å². The molecule has 0 unspecified atom stereocenters. The van der Waals surface area contributed by atoms with Crippen molar-refractivity contribution in [2.45, 2.75) is 66.2 Å². The number of hydrogen-bond acceptors (Lipinski definition) is 4. The molecule has 0 aliphatic heterocycles. The van der Waals surface area contributed by atoms with Crippen LogP contribution >= 0.6 is 0 Å². The lowest BCUT2D eigenvalue weighted by molar-refractivity contribution is 0.0859. The molecule has 0 amide bonds. The smallest absolute Gasteiger partial charge is 0.494 e. The van der Waals surface area contributed by atoms with Gasteiger partial charge in [0.1, 0.15) is 5.75 Å². The standard InChI is InChI=1S/C32H44O4Si/c1-5-9-10-11-12-13-26-33-31-22-18-29(19-23-31)27-14-16-28(17-15-27)30-20-24-32(25-21-30)37(34-6-2,35-7-3)36-8-4/h14-25H,5-13,26H2,1-4H3. The van der Waals surface area contributed by atoms with E-state index in [2.05, 4.69) is 79.7 Å². The lowest BCUT2D eigenvalue weighted by Gasteiger charge is -2.28. The maximum Gasteiger partial charge on any atom is 0.537 e. The maximum absolute atomic E-state index is 6.05. The second kappa shape index (κ2) is 15.7. The van der Waals surface area contributed by atoms with Gasteiger partial charge in [0.25, 0.3) is 0 Å². The molecule has 0 radical (unpaired) electrons. The zero-order chi connectivity index (χ0) is 26.3. The molecule has 0 aliphatic rings. The average molecular weight is 521 g/mol. The van der Waals surface area contributed by atoms with Crippen molar-refractivity contribution in [2.24, 2.45) is 0 Å². The minimum Gasteiger partial charge on any atom is -0.494 e. The monoisotopic (exact) mass is 520 g/mol. The van der Waals surface area contributed by atoms with Crippen molar-refractivity contribution in [3.63, 3.8) is 0 Å². The Hall–Kier alpha value is -2.44. The molecule has 3 aromatic rings. The first-order chi connectivity index (χ1) is 18.2.